The summed E-state index contributed by atoms with van der Waals surface area (Å²) in [5, 5.41) is 4.51. The van der Waals surface area contributed by atoms with Crippen molar-refractivity contribution in [3.63, 3.8) is 0 Å². The van der Waals surface area contributed by atoms with Crippen molar-refractivity contribution in [2.45, 2.75) is 45.8 Å². The predicted octanol–water partition coefficient (Wildman–Crippen LogP) is 6.40. The third kappa shape index (κ3) is 6.81. The van der Waals surface area contributed by atoms with Crippen LogP contribution in [0.2, 0.25) is 0 Å². The first-order chi connectivity index (χ1) is 21.9. The van der Waals surface area contributed by atoms with E-state index in [1.54, 1.807) is 22.3 Å². The van der Waals surface area contributed by atoms with Gasteiger partial charge in [0.25, 0.3) is 0 Å². The van der Waals surface area contributed by atoms with E-state index in [-0.39, 0.29) is 11.8 Å². The minimum Gasteiger partial charge on any atom is -0.336 e. The smallest absolute Gasteiger partial charge is 0.247 e. The van der Waals surface area contributed by atoms with E-state index in [0.29, 0.717) is 26.1 Å². The van der Waals surface area contributed by atoms with Gasteiger partial charge in [0, 0.05) is 56.6 Å². The Kier molecular flexibility index (Phi) is 9.03. The normalized spacial score (nSPS) is 13.5. The van der Waals surface area contributed by atoms with Gasteiger partial charge in [-0.05, 0) is 54.2 Å². The zero-order valence-corrected chi connectivity index (χ0v) is 26.7. The maximum absolute atomic E-state index is 14.5. The number of fused-ring (bicyclic) bond motifs is 1. The molecule has 3 aromatic carbocycles. The van der Waals surface area contributed by atoms with E-state index in [1.807, 2.05) is 103 Å². The number of rotatable bonds is 9. The highest BCUT2D eigenvalue weighted by Crippen LogP contribution is 2.26. The van der Waals surface area contributed by atoms with Gasteiger partial charge in [0.15, 0.2) is 0 Å². The highest BCUT2D eigenvalue weighted by molar-refractivity contribution is 7.13. The Morgan fingerprint density at radius 2 is 1.69 bits per heavy atom. The summed E-state index contributed by atoms with van der Waals surface area (Å²) in [5.74, 6) is -0.249. The number of aromatic nitrogens is 3. The zero-order chi connectivity index (χ0) is 31.3. The van der Waals surface area contributed by atoms with Crippen LogP contribution in [0.1, 0.15) is 39.2 Å². The average Bonchev–Trinajstić information content (AvgIpc) is 3.69. The molecule has 3 heterocycles. The highest BCUT2D eigenvalue weighted by atomic mass is 32.1. The molecular formula is C37H37N5O2S. The van der Waals surface area contributed by atoms with Crippen molar-refractivity contribution in [3.05, 3.63) is 136 Å². The van der Waals surface area contributed by atoms with Gasteiger partial charge in [0.05, 0.1) is 16.1 Å². The fraction of sp³-hybridized carbons (Fsp3) is 0.243. The molecule has 45 heavy (non-hydrogen) atoms. The van der Waals surface area contributed by atoms with Gasteiger partial charge < -0.3 is 9.80 Å². The molecule has 1 aliphatic rings. The van der Waals surface area contributed by atoms with Gasteiger partial charge in [-0.1, -0.05) is 78.9 Å². The number of amides is 2. The van der Waals surface area contributed by atoms with Crippen molar-refractivity contribution < 1.29 is 9.59 Å². The SMILES string of the molecule is Cc1nn(C)c(C)c1C=CC(=O)N(Cc1ccc(-c2cncs2)cc1)[C@@H](Cc1ccccc1)C(=O)N1CCc2ccccc2C1. The number of hydrogen-bond acceptors (Lipinski definition) is 5. The number of nitrogens with zero attached hydrogens (tertiary/aromatic N) is 5. The minimum absolute atomic E-state index is 0.0369. The topological polar surface area (TPSA) is 71.3 Å². The summed E-state index contributed by atoms with van der Waals surface area (Å²) in [7, 11) is 1.90. The van der Waals surface area contributed by atoms with E-state index in [0.717, 1.165) is 50.5 Å². The van der Waals surface area contributed by atoms with Crippen LogP contribution in [0, 0.1) is 13.8 Å². The molecule has 0 saturated heterocycles. The Balaban J connectivity index is 1.36. The lowest BCUT2D eigenvalue weighted by atomic mass is 9.97. The number of thiazole rings is 1. The van der Waals surface area contributed by atoms with E-state index in [2.05, 4.69) is 34.3 Å². The maximum Gasteiger partial charge on any atom is 0.247 e. The largest absolute Gasteiger partial charge is 0.336 e. The standard InChI is InChI=1S/C37H37N5O2S/c1-26-33(27(2)40(3)39-26)17-18-36(43)42(23-29-13-15-31(16-14-29)35-22-38-25-45-35)34(21-28-9-5-4-6-10-28)37(44)41-20-19-30-11-7-8-12-32(30)24-41/h4-18,22,25,34H,19-21,23-24H2,1-3H3/t34-/m0/s1. The van der Waals surface area contributed by atoms with Gasteiger partial charge in [-0.15, -0.1) is 11.3 Å². The number of carbonyl (C=O) groups excluding carboxylic acids is 2. The van der Waals surface area contributed by atoms with Crippen LogP contribution in [0.5, 0.6) is 0 Å². The van der Waals surface area contributed by atoms with Crippen molar-refractivity contribution >= 4 is 29.2 Å². The van der Waals surface area contributed by atoms with Crippen molar-refractivity contribution in [1.82, 2.24) is 24.6 Å². The minimum atomic E-state index is -0.688. The molecule has 1 aliphatic heterocycles. The van der Waals surface area contributed by atoms with Crippen LogP contribution in [0.15, 0.2) is 96.6 Å². The third-order valence-electron chi connectivity index (χ3n) is 8.64. The Bertz CT molecular complexity index is 1810. The molecule has 0 aliphatic carbocycles. The first-order valence-corrected chi connectivity index (χ1v) is 16.1. The fourth-order valence-corrected chi connectivity index (χ4v) is 6.64. The first-order valence-electron chi connectivity index (χ1n) is 15.2. The number of hydrogen-bond donors (Lipinski definition) is 0. The molecule has 7 nitrogen and oxygen atoms in total. The lowest BCUT2D eigenvalue weighted by molar-refractivity contribution is -0.144. The molecule has 5 aromatic rings. The molecule has 0 saturated carbocycles. The monoisotopic (exact) mass is 615 g/mol. The Morgan fingerprint density at radius 3 is 2.38 bits per heavy atom. The summed E-state index contributed by atoms with van der Waals surface area (Å²) in [6.07, 6.45) is 6.50. The molecule has 1 atom stereocenters. The molecule has 2 amide bonds. The number of benzene rings is 3. The predicted molar refractivity (Wildman–Crippen MR) is 179 cm³/mol. The quantitative estimate of drug-likeness (QED) is 0.180. The number of aryl methyl sites for hydroxylation is 2. The van der Waals surface area contributed by atoms with E-state index in [9.17, 15) is 9.59 Å². The van der Waals surface area contributed by atoms with Gasteiger partial charge in [-0.25, -0.2) is 0 Å². The molecule has 2 aromatic heterocycles. The van der Waals surface area contributed by atoms with Crippen LogP contribution >= 0.6 is 11.3 Å². The van der Waals surface area contributed by atoms with Crippen LogP contribution in [-0.4, -0.2) is 49.0 Å². The molecule has 0 radical (unpaired) electrons. The number of carbonyl (C=O) groups is 2. The van der Waals surface area contributed by atoms with Gasteiger partial charge >= 0.3 is 0 Å². The van der Waals surface area contributed by atoms with Crippen molar-refractivity contribution in [1.29, 1.82) is 0 Å². The van der Waals surface area contributed by atoms with E-state index in [4.69, 9.17) is 0 Å². The molecule has 0 bridgehead atoms. The zero-order valence-electron chi connectivity index (χ0n) is 25.9. The summed E-state index contributed by atoms with van der Waals surface area (Å²) < 4.78 is 1.82. The first kappa shape index (κ1) is 30.2. The fourth-order valence-electron chi connectivity index (χ4n) is 6.02. The summed E-state index contributed by atoms with van der Waals surface area (Å²) in [4.78, 5) is 37.7. The van der Waals surface area contributed by atoms with Crippen LogP contribution in [0.25, 0.3) is 16.5 Å². The summed E-state index contributed by atoms with van der Waals surface area (Å²) in [6, 6.07) is 25.8. The van der Waals surface area contributed by atoms with Gasteiger partial charge in [-0.2, -0.15) is 5.10 Å². The third-order valence-corrected chi connectivity index (χ3v) is 9.46. The lowest BCUT2D eigenvalue weighted by Gasteiger charge is -2.37. The second kappa shape index (κ2) is 13.4. The van der Waals surface area contributed by atoms with Crippen LogP contribution in [0.4, 0.5) is 0 Å². The Hall–Kier alpha value is -4.82. The van der Waals surface area contributed by atoms with E-state index < -0.39 is 6.04 Å². The summed E-state index contributed by atoms with van der Waals surface area (Å²) in [6.45, 7) is 5.38. The van der Waals surface area contributed by atoms with Crippen LogP contribution in [-0.2, 0) is 42.6 Å². The second-order valence-electron chi connectivity index (χ2n) is 11.6. The van der Waals surface area contributed by atoms with Gasteiger partial charge in [-0.3, -0.25) is 19.3 Å². The molecule has 6 rings (SSSR count). The second-order valence-corrected chi connectivity index (χ2v) is 12.4. The van der Waals surface area contributed by atoms with Crippen molar-refractivity contribution in [2.24, 2.45) is 7.05 Å². The van der Waals surface area contributed by atoms with E-state index >= 15 is 0 Å². The Morgan fingerprint density at radius 1 is 0.956 bits per heavy atom. The molecule has 0 spiro atoms. The summed E-state index contributed by atoms with van der Waals surface area (Å²) in [5.41, 5.74) is 10.0. The molecule has 228 valence electrons. The van der Waals surface area contributed by atoms with Crippen molar-refractivity contribution in [2.75, 3.05) is 6.54 Å². The van der Waals surface area contributed by atoms with E-state index in [1.165, 1.54) is 5.56 Å². The van der Waals surface area contributed by atoms with Crippen LogP contribution in [0.3, 0.4) is 0 Å². The average molecular weight is 616 g/mol. The highest BCUT2D eigenvalue weighted by Gasteiger charge is 2.34. The summed E-state index contributed by atoms with van der Waals surface area (Å²) >= 11 is 1.59. The van der Waals surface area contributed by atoms with Gasteiger partial charge in [0.2, 0.25) is 11.8 Å². The van der Waals surface area contributed by atoms with Crippen LogP contribution < -0.4 is 0 Å². The van der Waals surface area contributed by atoms with Gasteiger partial charge in [0.1, 0.15) is 6.04 Å². The molecule has 0 fully saturated rings. The van der Waals surface area contributed by atoms with Crippen molar-refractivity contribution in [3.8, 4) is 10.4 Å². The molecule has 0 unspecified atom stereocenters. The molecule has 0 N–H and O–H groups in total. The maximum atomic E-state index is 14.5. The lowest BCUT2D eigenvalue weighted by Crippen LogP contribution is -2.52. The molecule has 8 heteroatoms. The Labute approximate surface area is 268 Å². The molecular weight excluding hydrogens is 579 g/mol.